The summed E-state index contributed by atoms with van der Waals surface area (Å²) in [5.74, 6) is 0.864. The Balaban J connectivity index is 2.55. The molecule has 0 amide bonds. The molecule has 3 heteroatoms. The van der Waals surface area contributed by atoms with Gasteiger partial charge in [0.05, 0.1) is 0 Å². The predicted molar refractivity (Wildman–Crippen MR) is 52.7 cm³/mol. The number of hydrogen-bond donors (Lipinski definition) is 1. The van der Waals surface area contributed by atoms with Crippen LogP contribution in [0.15, 0.2) is 30.6 Å². The molecule has 0 aliphatic rings. The third-order valence-electron chi connectivity index (χ3n) is 1.86. The number of pyridine rings is 1. The van der Waals surface area contributed by atoms with Gasteiger partial charge in [-0.3, -0.25) is 0 Å². The van der Waals surface area contributed by atoms with Gasteiger partial charge in [-0.15, -0.1) is 0 Å². The van der Waals surface area contributed by atoms with Crippen molar-refractivity contribution in [3.63, 3.8) is 0 Å². The summed E-state index contributed by atoms with van der Waals surface area (Å²) in [4.78, 5) is 4.27. The van der Waals surface area contributed by atoms with Crippen molar-refractivity contribution in [2.75, 3.05) is 5.75 Å². The molecule has 2 rings (SSSR count). The number of hydrogen-bond acceptors (Lipinski definition) is 2. The average Bonchev–Trinajstić information content (AvgIpc) is 2.50. The van der Waals surface area contributed by atoms with E-state index in [9.17, 15) is 0 Å². The first-order valence-corrected chi connectivity index (χ1v) is 4.57. The summed E-state index contributed by atoms with van der Waals surface area (Å²) in [7, 11) is 0. The Kier molecular flexibility index (Phi) is 2.04. The lowest BCUT2D eigenvalue weighted by Gasteiger charge is -1.97. The van der Waals surface area contributed by atoms with E-state index >= 15 is 0 Å². The molecule has 62 valence electrons. The van der Waals surface area contributed by atoms with Gasteiger partial charge in [0.1, 0.15) is 5.65 Å². The fraction of sp³-hybridized carbons (Fsp3) is 0.222. The molecule has 0 bridgehead atoms. The molecule has 2 nitrogen and oxygen atoms in total. The van der Waals surface area contributed by atoms with E-state index in [1.807, 2.05) is 30.6 Å². The minimum Gasteiger partial charge on any atom is -0.304 e. The van der Waals surface area contributed by atoms with Crippen LogP contribution in [-0.4, -0.2) is 15.1 Å². The third kappa shape index (κ3) is 1.20. The van der Waals surface area contributed by atoms with Crippen molar-refractivity contribution >= 4 is 18.3 Å². The van der Waals surface area contributed by atoms with E-state index in [4.69, 9.17) is 0 Å². The Morgan fingerprint density at radius 2 is 2.33 bits per heavy atom. The van der Waals surface area contributed by atoms with Gasteiger partial charge < -0.3 is 4.40 Å². The number of fused-ring (bicyclic) bond motifs is 1. The number of nitrogens with zero attached hydrogens (tertiary/aromatic N) is 2. The number of thiol groups is 1. The van der Waals surface area contributed by atoms with Crippen LogP contribution in [0.25, 0.3) is 5.65 Å². The molecular weight excluding hydrogens is 168 g/mol. The molecule has 0 spiro atoms. The van der Waals surface area contributed by atoms with Crippen molar-refractivity contribution in [1.29, 1.82) is 0 Å². The molecule has 12 heavy (non-hydrogen) atoms. The number of aromatic nitrogens is 2. The Labute approximate surface area is 76.7 Å². The maximum atomic E-state index is 4.27. The molecule has 0 aliphatic carbocycles. The van der Waals surface area contributed by atoms with Crippen LogP contribution < -0.4 is 0 Å². The lowest BCUT2D eigenvalue weighted by Crippen LogP contribution is -1.92. The minimum atomic E-state index is 0.864. The third-order valence-corrected chi connectivity index (χ3v) is 2.09. The first-order chi connectivity index (χ1) is 5.92. The maximum absolute atomic E-state index is 4.27. The van der Waals surface area contributed by atoms with Crippen molar-refractivity contribution in [2.24, 2.45) is 0 Å². The SMILES string of the molecule is SCCc1cnc2ccccn12. The van der Waals surface area contributed by atoms with E-state index in [0.29, 0.717) is 0 Å². The number of aryl methyl sites for hydroxylation is 1. The monoisotopic (exact) mass is 178 g/mol. The maximum Gasteiger partial charge on any atom is 0.136 e. The van der Waals surface area contributed by atoms with Gasteiger partial charge in [-0.05, 0) is 24.3 Å². The zero-order valence-electron chi connectivity index (χ0n) is 6.64. The fourth-order valence-electron chi connectivity index (χ4n) is 1.28. The van der Waals surface area contributed by atoms with Crippen LogP contribution in [0.5, 0.6) is 0 Å². The zero-order valence-corrected chi connectivity index (χ0v) is 7.54. The number of rotatable bonds is 2. The van der Waals surface area contributed by atoms with Crippen LogP contribution in [0, 0.1) is 0 Å². The number of imidazole rings is 1. The van der Waals surface area contributed by atoms with Crippen LogP contribution in [0.2, 0.25) is 0 Å². The second-order valence-corrected chi connectivity index (χ2v) is 3.10. The highest BCUT2D eigenvalue weighted by Gasteiger charge is 1.99. The molecule has 0 saturated carbocycles. The molecule has 0 radical (unpaired) electrons. The van der Waals surface area contributed by atoms with E-state index in [0.717, 1.165) is 17.8 Å². The first kappa shape index (κ1) is 7.68. The fourth-order valence-corrected chi connectivity index (χ4v) is 1.51. The van der Waals surface area contributed by atoms with Gasteiger partial charge in [-0.2, -0.15) is 12.6 Å². The van der Waals surface area contributed by atoms with Gasteiger partial charge >= 0.3 is 0 Å². The van der Waals surface area contributed by atoms with Gasteiger partial charge in [0, 0.05) is 18.1 Å². The summed E-state index contributed by atoms with van der Waals surface area (Å²) in [6.45, 7) is 0. The molecule has 0 aliphatic heterocycles. The summed E-state index contributed by atoms with van der Waals surface area (Å²) >= 11 is 4.19. The Bertz CT molecular complexity index is 381. The lowest BCUT2D eigenvalue weighted by molar-refractivity contribution is 1.01. The minimum absolute atomic E-state index is 0.864. The predicted octanol–water partition coefficient (Wildman–Crippen LogP) is 1.81. The molecule has 2 heterocycles. The zero-order chi connectivity index (χ0) is 8.39. The van der Waals surface area contributed by atoms with Crippen LogP contribution in [-0.2, 0) is 6.42 Å². The van der Waals surface area contributed by atoms with Crippen LogP contribution in [0.3, 0.4) is 0 Å². The summed E-state index contributed by atoms with van der Waals surface area (Å²) in [5.41, 5.74) is 2.23. The largest absolute Gasteiger partial charge is 0.304 e. The van der Waals surface area contributed by atoms with E-state index in [2.05, 4.69) is 22.0 Å². The van der Waals surface area contributed by atoms with E-state index in [-0.39, 0.29) is 0 Å². The molecule has 0 unspecified atom stereocenters. The highest BCUT2D eigenvalue weighted by atomic mass is 32.1. The van der Waals surface area contributed by atoms with E-state index in [1.54, 1.807) is 0 Å². The Hall–Kier alpha value is -0.960. The average molecular weight is 178 g/mol. The quantitative estimate of drug-likeness (QED) is 0.694. The van der Waals surface area contributed by atoms with Gasteiger partial charge in [0.2, 0.25) is 0 Å². The van der Waals surface area contributed by atoms with E-state index < -0.39 is 0 Å². The normalized spacial score (nSPS) is 10.8. The van der Waals surface area contributed by atoms with Crippen LogP contribution in [0.1, 0.15) is 5.69 Å². The van der Waals surface area contributed by atoms with Gasteiger partial charge in [-0.25, -0.2) is 4.98 Å². The Morgan fingerprint density at radius 1 is 1.42 bits per heavy atom. The molecule has 0 aromatic carbocycles. The molecular formula is C9H10N2S. The standard InChI is InChI=1S/C9H10N2S/c12-6-4-8-7-10-9-3-1-2-5-11(8)9/h1-3,5,7,12H,4,6H2. The van der Waals surface area contributed by atoms with Gasteiger partial charge in [0.15, 0.2) is 0 Å². The van der Waals surface area contributed by atoms with Gasteiger partial charge in [-0.1, -0.05) is 6.07 Å². The lowest BCUT2D eigenvalue weighted by atomic mass is 10.3. The highest BCUT2D eigenvalue weighted by molar-refractivity contribution is 7.80. The summed E-state index contributed by atoms with van der Waals surface area (Å²) in [6, 6.07) is 6.01. The summed E-state index contributed by atoms with van der Waals surface area (Å²) in [6.07, 6.45) is 4.90. The Morgan fingerprint density at radius 3 is 3.17 bits per heavy atom. The first-order valence-electron chi connectivity index (χ1n) is 3.93. The molecule has 0 fully saturated rings. The van der Waals surface area contributed by atoms with Crippen molar-refractivity contribution in [2.45, 2.75) is 6.42 Å². The van der Waals surface area contributed by atoms with Crippen molar-refractivity contribution < 1.29 is 0 Å². The summed E-state index contributed by atoms with van der Waals surface area (Å²) < 4.78 is 2.09. The van der Waals surface area contributed by atoms with Crippen LogP contribution >= 0.6 is 12.6 Å². The molecule has 0 atom stereocenters. The van der Waals surface area contributed by atoms with Crippen LogP contribution in [0.4, 0.5) is 0 Å². The van der Waals surface area contributed by atoms with Crippen molar-refractivity contribution in [1.82, 2.24) is 9.38 Å². The smallest absolute Gasteiger partial charge is 0.136 e. The molecule has 0 saturated heterocycles. The van der Waals surface area contributed by atoms with Gasteiger partial charge in [0.25, 0.3) is 0 Å². The second-order valence-electron chi connectivity index (χ2n) is 2.65. The highest BCUT2D eigenvalue weighted by Crippen LogP contribution is 2.06. The topological polar surface area (TPSA) is 17.3 Å². The van der Waals surface area contributed by atoms with E-state index in [1.165, 1.54) is 5.69 Å². The molecule has 2 aromatic heterocycles. The summed E-state index contributed by atoms with van der Waals surface area (Å²) in [5, 5.41) is 0. The van der Waals surface area contributed by atoms with Crippen molar-refractivity contribution in [3.05, 3.63) is 36.3 Å². The molecule has 0 N–H and O–H groups in total. The second kappa shape index (κ2) is 3.19. The molecule has 2 aromatic rings. The van der Waals surface area contributed by atoms with Crippen molar-refractivity contribution in [3.8, 4) is 0 Å².